The first-order valence-corrected chi connectivity index (χ1v) is 7.76. The van der Waals surface area contributed by atoms with Crippen molar-refractivity contribution in [2.24, 2.45) is 23.7 Å². The van der Waals surface area contributed by atoms with Crippen molar-refractivity contribution in [1.29, 1.82) is 0 Å². The Balaban J connectivity index is 1.87. The fraction of sp³-hybridized carbons (Fsp3) is 0.875. The van der Waals surface area contributed by atoms with Crippen LogP contribution < -0.4 is 0 Å². The Labute approximate surface area is 121 Å². The highest BCUT2D eigenvalue weighted by Gasteiger charge is 2.48. The second-order valence-electron chi connectivity index (χ2n) is 6.79. The highest BCUT2D eigenvalue weighted by Crippen LogP contribution is 2.39. The first-order valence-electron chi connectivity index (χ1n) is 7.76. The molecule has 0 N–H and O–H groups in total. The fourth-order valence-corrected chi connectivity index (χ4v) is 3.25. The monoisotopic (exact) mass is 282 g/mol. The number of hydrogen-bond donors (Lipinski definition) is 0. The number of rotatable bonds is 4. The third-order valence-electron chi connectivity index (χ3n) is 4.58. The molecule has 2 aliphatic carbocycles. The van der Waals surface area contributed by atoms with Gasteiger partial charge in [0.2, 0.25) is 0 Å². The lowest BCUT2D eigenvalue weighted by molar-refractivity contribution is -0.159. The average Bonchev–Trinajstić information content (AvgIpc) is 3.07. The maximum atomic E-state index is 12.1. The largest absolute Gasteiger partial charge is 0.462 e. The summed E-state index contributed by atoms with van der Waals surface area (Å²) in [4.78, 5) is 23.0. The van der Waals surface area contributed by atoms with Gasteiger partial charge in [0.05, 0.1) is 5.92 Å². The van der Waals surface area contributed by atoms with Gasteiger partial charge in [-0.15, -0.1) is 0 Å². The third kappa shape index (κ3) is 3.74. The Bertz CT molecular complexity index is 377. The van der Waals surface area contributed by atoms with Gasteiger partial charge in [-0.25, -0.2) is 0 Å². The molecule has 0 spiro atoms. The average molecular weight is 282 g/mol. The molecule has 2 aliphatic rings. The zero-order chi connectivity index (χ0) is 14.9. The molecule has 0 aliphatic heterocycles. The van der Waals surface area contributed by atoms with Crippen molar-refractivity contribution in [3.8, 4) is 0 Å². The molecule has 2 saturated carbocycles. The molecule has 20 heavy (non-hydrogen) atoms. The minimum atomic E-state index is -0.323. The minimum absolute atomic E-state index is 0.0322. The van der Waals surface area contributed by atoms with Crippen LogP contribution in [0.4, 0.5) is 0 Å². The van der Waals surface area contributed by atoms with E-state index in [4.69, 9.17) is 9.47 Å². The van der Waals surface area contributed by atoms with Gasteiger partial charge in [-0.3, -0.25) is 9.59 Å². The predicted octanol–water partition coefficient (Wildman–Crippen LogP) is 2.94. The van der Waals surface area contributed by atoms with Gasteiger partial charge >= 0.3 is 11.9 Å². The normalized spacial score (nSPS) is 36.5. The summed E-state index contributed by atoms with van der Waals surface area (Å²) < 4.78 is 10.8. The molecule has 0 bridgehead atoms. The quantitative estimate of drug-likeness (QED) is 0.744. The van der Waals surface area contributed by atoms with Crippen LogP contribution in [0.15, 0.2) is 0 Å². The van der Waals surface area contributed by atoms with Crippen LogP contribution in [0, 0.1) is 23.7 Å². The van der Waals surface area contributed by atoms with Crippen molar-refractivity contribution in [2.45, 2.75) is 65.6 Å². The van der Waals surface area contributed by atoms with Gasteiger partial charge in [-0.2, -0.15) is 0 Å². The molecule has 0 heterocycles. The van der Waals surface area contributed by atoms with Crippen LogP contribution in [0.3, 0.4) is 0 Å². The Morgan fingerprint density at radius 3 is 2.35 bits per heavy atom. The van der Waals surface area contributed by atoms with Gasteiger partial charge < -0.3 is 9.47 Å². The van der Waals surface area contributed by atoms with Crippen LogP contribution in [0.1, 0.15) is 53.4 Å². The zero-order valence-corrected chi connectivity index (χ0v) is 12.9. The van der Waals surface area contributed by atoms with E-state index >= 15 is 0 Å². The highest BCUT2D eigenvalue weighted by molar-refractivity contribution is 5.77. The Kier molecular flexibility index (Phi) is 4.71. The van der Waals surface area contributed by atoms with E-state index in [9.17, 15) is 9.59 Å². The third-order valence-corrected chi connectivity index (χ3v) is 4.58. The van der Waals surface area contributed by atoms with Gasteiger partial charge in [-0.05, 0) is 30.6 Å². The summed E-state index contributed by atoms with van der Waals surface area (Å²) in [5, 5.41) is 0. The van der Waals surface area contributed by atoms with Gasteiger partial charge in [-0.1, -0.05) is 27.2 Å². The second-order valence-corrected chi connectivity index (χ2v) is 6.79. The summed E-state index contributed by atoms with van der Waals surface area (Å²) in [5.41, 5.74) is 0. The molecule has 0 unspecified atom stereocenters. The van der Waals surface area contributed by atoms with Crippen molar-refractivity contribution in [3.63, 3.8) is 0 Å². The smallest absolute Gasteiger partial charge is 0.313 e. The standard InChI is InChI=1S/C16H26O4/c1-9(2)12-6-5-10(3)7-14(12)20-16(18)13-8-15(13)19-11(4)17/h9-10,12-15H,5-8H2,1-4H3/t10-,12+,13-,14-,15+/m0/s1. The SMILES string of the molecule is CC(=O)O[C@@H]1C[C@@H]1C(=O)O[C@H]1C[C@@H](C)CC[C@@H]1C(C)C. The van der Waals surface area contributed by atoms with Crippen molar-refractivity contribution in [3.05, 3.63) is 0 Å². The molecule has 4 heteroatoms. The maximum Gasteiger partial charge on any atom is 0.313 e. The first-order chi connectivity index (χ1) is 9.38. The number of carbonyl (C=O) groups is 2. The molecule has 114 valence electrons. The van der Waals surface area contributed by atoms with Crippen molar-refractivity contribution in [2.75, 3.05) is 0 Å². The van der Waals surface area contributed by atoms with Gasteiger partial charge in [0.15, 0.2) is 0 Å². The molecular formula is C16H26O4. The summed E-state index contributed by atoms with van der Waals surface area (Å²) >= 11 is 0. The molecule has 5 atom stereocenters. The predicted molar refractivity (Wildman–Crippen MR) is 74.9 cm³/mol. The molecule has 0 amide bonds. The van der Waals surface area contributed by atoms with E-state index in [0.29, 0.717) is 24.2 Å². The van der Waals surface area contributed by atoms with E-state index in [0.717, 1.165) is 12.8 Å². The van der Waals surface area contributed by atoms with E-state index in [1.54, 1.807) is 0 Å². The topological polar surface area (TPSA) is 52.6 Å². The molecule has 2 fully saturated rings. The Hall–Kier alpha value is -1.06. The van der Waals surface area contributed by atoms with Crippen molar-refractivity contribution < 1.29 is 19.1 Å². The maximum absolute atomic E-state index is 12.1. The van der Waals surface area contributed by atoms with Crippen LogP contribution >= 0.6 is 0 Å². The summed E-state index contributed by atoms with van der Waals surface area (Å²) in [6, 6.07) is 0. The summed E-state index contributed by atoms with van der Waals surface area (Å²) in [5.74, 6) is 0.873. The molecule has 0 aromatic carbocycles. The highest BCUT2D eigenvalue weighted by atomic mass is 16.6. The molecule has 0 aromatic rings. The first kappa shape index (κ1) is 15.3. The number of hydrogen-bond acceptors (Lipinski definition) is 4. The minimum Gasteiger partial charge on any atom is -0.462 e. The van der Waals surface area contributed by atoms with E-state index in [1.807, 2.05) is 0 Å². The Morgan fingerprint density at radius 2 is 1.75 bits per heavy atom. The van der Waals surface area contributed by atoms with E-state index < -0.39 is 0 Å². The van der Waals surface area contributed by atoms with Gasteiger partial charge in [0.25, 0.3) is 0 Å². The number of carbonyl (C=O) groups excluding carboxylic acids is 2. The number of ether oxygens (including phenoxy) is 2. The lowest BCUT2D eigenvalue weighted by Gasteiger charge is -2.36. The fourth-order valence-electron chi connectivity index (χ4n) is 3.25. The van der Waals surface area contributed by atoms with E-state index in [2.05, 4.69) is 20.8 Å². The molecule has 0 saturated heterocycles. The molecular weight excluding hydrogens is 256 g/mol. The summed E-state index contributed by atoms with van der Waals surface area (Å²) in [7, 11) is 0. The summed E-state index contributed by atoms with van der Waals surface area (Å²) in [6.07, 6.45) is 3.71. The molecule has 2 rings (SSSR count). The van der Waals surface area contributed by atoms with Crippen LogP contribution in [-0.4, -0.2) is 24.1 Å². The lowest BCUT2D eigenvalue weighted by atomic mass is 9.75. The van der Waals surface area contributed by atoms with E-state index in [1.165, 1.54) is 13.3 Å². The summed E-state index contributed by atoms with van der Waals surface area (Å²) in [6.45, 7) is 7.98. The molecule has 0 aromatic heterocycles. The van der Waals surface area contributed by atoms with Crippen molar-refractivity contribution in [1.82, 2.24) is 0 Å². The number of esters is 2. The van der Waals surface area contributed by atoms with Gasteiger partial charge in [0.1, 0.15) is 12.2 Å². The van der Waals surface area contributed by atoms with Crippen LogP contribution in [0.5, 0.6) is 0 Å². The van der Waals surface area contributed by atoms with Crippen LogP contribution in [-0.2, 0) is 19.1 Å². The second kappa shape index (κ2) is 6.15. The molecule has 0 radical (unpaired) electrons. The van der Waals surface area contributed by atoms with Crippen LogP contribution in [0.25, 0.3) is 0 Å². The van der Waals surface area contributed by atoms with E-state index in [-0.39, 0.29) is 30.1 Å². The van der Waals surface area contributed by atoms with Gasteiger partial charge in [0, 0.05) is 13.3 Å². The molecule has 4 nitrogen and oxygen atoms in total. The zero-order valence-electron chi connectivity index (χ0n) is 12.9. The lowest BCUT2D eigenvalue weighted by Crippen LogP contribution is -2.36. The van der Waals surface area contributed by atoms with Crippen molar-refractivity contribution >= 4 is 11.9 Å². The van der Waals surface area contributed by atoms with Crippen LogP contribution in [0.2, 0.25) is 0 Å². The Morgan fingerprint density at radius 1 is 1.05 bits per heavy atom.